The number of carbonyl (C=O) groups excluding carboxylic acids is 2. The molecule has 0 aliphatic rings. The molecule has 0 fully saturated rings. The van der Waals surface area contributed by atoms with Gasteiger partial charge in [-0.1, -0.05) is 0 Å². The van der Waals surface area contributed by atoms with E-state index in [0.717, 1.165) is 18.2 Å². The smallest absolute Gasteiger partial charge is 0.335 e. The topological polar surface area (TPSA) is 122 Å². The monoisotopic (exact) mass is 283 g/mol. The number of carboxylic acids is 1. The van der Waals surface area contributed by atoms with Crippen molar-refractivity contribution < 1.29 is 23.9 Å². The number of nitrogens with two attached hydrogens (primary N) is 1. The van der Waals surface area contributed by atoms with Gasteiger partial charge in [0.05, 0.1) is 11.3 Å². The lowest BCUT2D eigenvalue weighted by atomic mass is 10.1. The number of benzene rings is 1. The molecule has 108 valence electrons. The highest BCUT2D eigenvalue weighted by Crippen LogP contribution is 2.16. The van der Waals surface area contributed by atoms with Gasteiger partial charge in [0.1, 0.15) is 11.4 Å². The van der Waals surface area contributed by atoms with Gasteiger partial charge >= 0.3 is 12.0 Å². The molecule has 0 heterocycles. The molecule has 5 N–H and O–H groups in total. The molecule has 1 aromatic rings. The van der Waals surface area contributed by atoms with Gasteiger partial charge < -0.3 is 21.5 Å². The van der Waals surface area contributed by atoms with E-state index in [1.54, 1.807) is 0 Å². The summed E-state index contributed by atoms with van der Waals surface area (Å²) in [7, 11) is 0. The summed E-state index contributed by atoms with van der Waals surface area (Å²) in [6.07, 6.45) is 0. The number of urea groups is 1. The number of hydrogen-bond acceptors (Lipinski definition) is 3. The maximum atomic E-state index is 13.6. The highest BCUT2D eigenvalue weighted by Gasteiger charge is 2.27. The van der Waals surface area contributed by atoms with Gasteiger partial charge in [-0.25, -0.2) is 14.0 Å². The second-order valence-corrected chi connectivity index (χ2v) is 4.57. The lowest BCUT2D eigenvalue weighted by Gasteiger charge is -2.22. The molecule has 0 aliphatic heterocycles. The number of carbonyl (C=O) groups is 3. The third-order valence-corrected chi connectivity index (χ3v) is 2.51. The molecule has 0 saturated carbocycles. The molecule has 0 bridgehead atoms. The van der Waals surface area contributed by atoms with Crippen molar-refractivity contribution in [3.63, 3.8) is 0 Å². The van der Waals surface area contributed by atoms with Crippen molar-refractivity contribution >= 4 is 23.6 Å². The first-order valence-corrected chi connectivity index (χ1v) is 5.55. The molecule has 0 spiro atoms. The van der Waals surface area contributed by atoms with Crippen molar-refractivity contribution in [2.24, 2.45) is 5.73 Å². The molecule has 0 atom stereocenters. The van der Waals surface area contributed by atoms with Crippen LogP contribution in [0.4, 0.5) is 14.9 Å². The van der Waals surface area contributed by atoms with Crippen molar-refractivity contribution in [2.75, 3.05) is 5.32 Å². The van der Waals surface area contributed by atoms with Gasteiger partial charge in [-0.2, -0.15) is 0 Å². The summed E-state index contributed by atoms with van der Waals surface area (Å²) in [5.74, 6) is -2.94. The minimum absolute atomic E-state index is 0.215. The molecular weight excluding hydrogens is 269 g/mol. The zero-order valence-corrected chi connectivity index (χ0v) is 10.9. The van der Waals surface area contributed by atoms with Crippen LogP contribution in [0, 0.1) is 5.82 Å². The van der Waals surface area contributed by atoms with E-state index in [-0.39, 0.29) is 11.3 Å². The number of halogens is 1. The van der Waals surface area contributed by atoms with E-state index in [1.807, 2.05) is 0 Å². The summed E-state index contributed by atoms with van der Waals surface area (Å²) >= 11 is 0. The first kappa shape index (κ1) is 15.4. The van der Waals surface area contributed by atoms with Crippen molar-refractivity contribution in [3.8, 4) is 0 Å². The summed E-state index contributed by atoms with van der Waals surface area (Å²) in [6.45, 7) is 2.78. The third-order valence-electron chi connectivity index (χ3n) is 2.51. The average molecular weight is 283 g/mol. The number of carboxylic acid groups (broad SMARTS) is 1. The Hall–Kier alpha value is -2.64. The van der Waals surface area contributed by atoms with E-state index < -0.39 is 29.3 Å². The predicted octanol–water partition coefficient (Wildman–Crippen LogP) is 0.909. The zero-order valence-electron chi connectivity index (χ0n) is 10.9. The molecular formula is C12H14FN3O4. The largest absolute Gasteiger partial charge is 0.478 e. The number of rotatable bonds is 4. The van der Waals surface area contributed by atoms with Crippen molar-refractivity contribution in [1.29, 1.82) is 0 Å². The van der Waals surface area contributed by atoms with Crippen LogP contribution in [0.2, 0.25) is 0 Å². The molecule has 3 amide bonds. The molecule has 0 saturated heterocycles. The molecule has 0 aromatic heterocycles. The molecule has 1 rings (SSSR count). The fraction of sp³-hybridized carbons (Fsp3) is 0.250. The zero-order chi connectivity index (χ0) is 15.5. The van der Waals surface area contributed by atoms with Gasteiger partial charge in [0.2, 0.25) is 5.91 Å². The first-order chi connectivity index (χ1) is 9.13. The molecule has 1 aromatic carbocycles. The van der Waals surface area contributed by atoms with Crippen LogP contribution in [-0.4, -0.2) is 28.6 Å². The number of amides is 3. The molecule has 0 unspecified atom stereocenters. The van der Waals surface area contributed by atoms with Gasteiger partial charge in [0.25, 0.3) is 0 Å². The maximum absolute atomic E-state index is 13.6. The number of hydrogen-bond donors (Lipinski definition) is 4. The number of anilines is 1. The van der Waals surface area contributed by atoms with Crippen LogP contribution in [0.3, 0.4) is 0 Å². The normalized spacial score (nSPS) is 10.8. The van der Waals surface area contributed by atoms with Crippen LogP contribution >= 0.6 is 0 Å². The highest BCUT2D eigenvalue weighted by molar-refractivity contribution is 5.95. The molecule has 7 nitrogen and oxygen atoms in total. The predicted molar refractivity (Wildman–Crippen MR) is 68.8 cm³/mol. The Morgan fingerprint density at radius 1 is 1.30 bits per heavy atom. The van der Waals surface area contributed by atoms with Crippen molar-refractivity contribution in [2.45, 2.75) is 19.4 Å². The maximum Gasteiger partial charge on any atom is 0.335 e. The van der Waals surface area contributed by atoms with Crippen molar-refractivity contribution in [1.82, 2.24) is 5.32 Å². The van der Waals surface area contributed by atoms with Crippen LogP contribution in [0.1, 0.15) is 24.2 Å². The summed E-state index contributed by atoms with van der Waals surface area (Å²) in [6, 6.07) is 2.18. The standard InChI is InChI=1S/C12H14FN3O4/c1-12(2,10(14)19)16-11(20)15-8-4-3-6(9(17)18)5-7(8)13/h3-5H,1-2H3,(H2,14,19)(H,17,18)(H2,15,16,20). The second-order valence-electron chi connectivity index (χ2n) is 4.57. The lowest BCUT2D eigenvalue weighted by molar-refractivity contribution is -0.122. The average Bonchev–Trinajstić information content (AvgIpc) is 2.30. The Labute approximate surface area is 114 Å². The second kappa shape index (κ2) is 5.55. The van der Waals surface area contributed by atoms with E-state index in [4.69, 9.17) is 10.8 Å². The SMILES string of the molecule is CC(C)(NC(=O)Nc1ccc(C(=O)O)cc1F)C(N)=O. The van der Waals surface area contributed by atoms with E-state index in [1.165, 1.54) is 13.8 Å². The molecule has 8 heteroatoms. The van der Waals surface area contributed by atoms with Gasteiger partial charge in [0.15, 0.2) is 0 Å². The van der Waals surface area contributed by atoms with E-state index in [9.17, 15) is 18.8 Å². The minimum Gasteiger partial charge on any atom is -0.478 e. The summed E-state index contributed by atoms with van der Waals surface area (Å²) in [5.41, 5.74) is 3.31. The van der Waals surface area contributed by atoms with Gasteiger partial charge in [0, 0.05) is 0 Å². The van der Waals surface area contributed by atoms with E-state index >= 15 is 0 Å². The molecule has 0 aliphatic carbocycles. The van der Waals surface area contributed by atoms with E-state index in [0.29, 0.717) is 0 Å². The molecule has 0 radical (unpaired) electrons. The van der Waals surface area contributed by atoms with Gasteiger partial charge in [-0.05, 0) is 32.0 Å². The Kier molecular flexibility index (Phi) is 4.28. The summed E-state index contributed by atoms with van der Waals surface area (Å²) < 4.78 is 13.6. The summed E-state index contributed by atoms with van der Waals surface area (Å²) in [4.78, 5) is 33.3. The Balaban J connectivity index is 2.82. The number of primary amides is 1. The highest BCUT2D eigenvalue weighted by atomic mass is 19.1. The fourth-order valence-corrected chi connectivity index (χ4v) is 1.25. The third kappa shape index (κ3) is 3.67. The van der Waals surface area contributed by atoms with Gasteiger partial charge in [-0.15, -0.1) is 0 Å². The van der Waals surface area contributed by atoms with Crippen LogP contribution in [0.25, 0.3) is 0 Å². The quantitative estimate of drug-likeness (QED) is 0.656. The van der Waals surface area contributed by atoms with Crippen LogP contribution < -0.4 is 16.4 Å². The molecule has 20 heavy (non-hydrogen) atoms. The summed E-state index contributed by atoms with van der Waals surface area (Å²) in [5, 5.41) is 13.1. The number of nitrogens with one attached hydrogen (secondary N) is 2. The minimum atomic E-state index is -1.30. The van der Waals surface area contributed by atoms with Crippen molar-refractivity contribution in [3.05, 3.63) is 29.6 Å². The Morgan fingerprint density at radius 3 is 2.35 bits per heavy atom. The van der Waals surface area contributed by atoms with Crippen LogP contribution in [-0.2, 0) is 4.79 Å². The first-order valence-electron chi connectivity index (χ1n) is 5.55. The fourth-order valence-electron chi connectivity index (χ4n) is 1.25. The van der Waals surface area contributed by atoms with Gasteiger partial charge in [-0.3, -0.25) is 4.79 Å². The number of aromatic carboxylic acids is 1. The Bertz CT molecular complexity index is 572. The lowest BCUT2D eigenvalue weighted by Crippen LogP contribution is -2.54. The van der Waals surface area contributed by atoms with Crippen LogP contribution in [0.15, 0.2) is 18.2 Å². The van der Waals surface area contributed by atoms with E-state index in [2.05, 4.69) is 10.6 Å². The van der Waals surface area contributed by atoms with Crippen LogP contribution in [0.5, 0.6) is 0 Å². The Morgan fingerprint density at radius 2 is 1.90 bits per heavy atom.